The fourth-order valence-corrected chi connectivity index (χ4v) is 3.58. The number of nitro groups is 1. The van der Waals surface area contributed by atoms with Crippen LogP contribution in [-0.2, 0) is 16.1 Å². The Morgan fingerprint density at radius 1 is 1.39 bits per heavy atom. The molecule has 1 aliphatic rings. The molecular formula is C19H20N4O5. The van der Waals surface area contributed by atoms with Crippen LogP contribution in [0.2, 0.25) is 0 Å². The second-order valence-electron chi connectivity index (χ2n) is 6.49. The molecular weight excluding hydrogens is 364 g/mol. The lowest BCUT2D eigenvalue weighted by Crippen LogP contribution is -2.38. The minimum atomic E-state index is -0.860. The highest BCUT2D eigenvalue weighted by Gasteiger charge is 2.40. The summed E-state index contributed by atoms with van der Waals surface area (Å²) < 4.78 is 6.39. The summed E-state index contributed by atoms with van der Waals surface area (Å²) in [6.45, 7) is 2.25. The summed E-state index contributed by atoms with van der Waals surface area (Å²) in [5.74, 6) is -2.17. The maximum absolute atomic E-state index is 13.1. The predicted molar refractivity (Wildman–Crippen MR) is 103 cm³/mol. The molecule has 1 aromatic heterocycles. The summed E-state index contributed by atoms with van der Waals surface area (Å²) in [5, 5.41) is 11.2. The first kappa shape index (κ1) is 19.4. The highest BCUT2D eigenvalue weighted by molar-refractivity contribution is 6.05. The Morgan fingerprint density at radius 3 is 2.79 bits per heavy atom. The summed E-state index contributed by atoms with van der Waals surface area (Å²) >= 11 is 0. The predicted octanol–water partition coefficient (Wildman–Crippen LogP) is 1.74. The number of pyridine rings is 1. The van der Waals surface area contributed by atoms with E-state index in [1.54, 1.807) is 25.3 Å². The monoisotopic (exact) mass is 384 g/mol. The zero-order valence-electron chi connectivity index (χ0n) is 15.5. The minimum absolute atomic E-state index is 0.124. The highest BCUT2D eigenvalue weighted by atomic mass is 16.6. The lowest BCUT2D eigenvalue weighted by Gasteiger charge is -2.30. The first-order valence-corrected chi connectivity index (χ1v) is 8.69. The van der Waals surface area contributed by atoms with Crippen molar-refractivity contribution in [1.29, 1.82) is 0 Å². The highest BCUT2D eigenvalue weighted by Crippen LogP contribution is 2.41. The molecule has 9 nitrogen and oxygen atoms in total. The first-order valence-electron chi connectivity index (χ1n) is 8.69. The number of esters is 1. The number of rotatable bonds is 5. The molecule has 2 unspecified atom stereocenters. The van der Waals surface area contributed by atoms with Gasteiger partial charge in [0, 0.05) is 43.0 Å². The molecule has 2 aromatic rings. The largest absolute Gasteiger partial charge is 0.468 e. The quantitative estimate of drug-likeness (QED) is 0.475. The number of benzene rings is 1. The van der Waals surface area contributed by atoms with E-state index in [0.29, 0.717) is 29.1 Å². The van der Waals surface area contributed by atoms with E-state index in [2.05, 4.69) is 4.99 Å². The van der Waals surface area contributed by atoms with Gasteiger partial charge in [0.25, 0.3) is 11.2 Å². The zero-order chi connectivity index (χ0) is 20.4. The molecule has 0 saturated heterocycles. The van der Waals surface area contributed by atoms with Crippen molar-refractivity contribution in [3.63, 3.8) is 0 Å². The molecule has 28 heavy (non-hydrogen) atoms. The summed E-state index contributed by atoms with van der Waals surface area (Å²) in [7, 11) is 1.26. The minimum Gasteiger partial charge on any atom is -0.468 e. The van der Waals surface area contributed by atoms with Gasteiger partial charge in [-0.05, 0) is 18.6 Å². The number of non-ortho nitro benzene ring substituents is 1. The van der Waals surface area contributed by atoms with E-state index in [4.69, 9.17) is 10.5 Å². The standard InChI is InChI=1S/C19H20N4O5/c1-11-15(19(25)28-2)16(12-4-3-5-13(10-12)23(26)27)17-14(21-11)6-8-22(9-7-20)18(17)24/h3-6,8,10,15-16H,7,9,20H2,1-2H3. The molecule has 2 heterocycles. The summed E-state index contributed by atoms with van der Waals surface area (Å²) in [4.78, 5) is 40.8. The summed E-state index contributed by atoms with van der Waals surface area (Å²) in [6.07, 6.45) is 1.60. The van der Waals surface area contributed by atoms with Crippen LogP contribution in [0.25, 0.3) is 0 Å². The van der Waals surface area contributed by atoms with Gasteiger partial charge in [0.05, 0.1) is 23.3 Å². The number of hydrogen-bond acceptors (Lipinski definition) is 7. The van der Waals surface area contributed by atoms with E-state index in [1.165, 1.54) is 29.9 Å². The number of aromatic nitrogens is 1. The SMILES string of the molecule is COC(=O)C1C(C)=Nc2ccn(CCN)c(=O)c2C1c1cccc([N+](=O)[O-])c1. The topological polar surface area (TPSA) is 130 Å². The number of nitrogens with two attached hydrogens (primary N) is 1. The molecule has 0 fully saturated rings. The normalized spacial score (nSPS) is 18.2. The van der Waals surface area contributed by atoms with Crippen molar-refractivity contribution in [2.75, 3.05) is 13.7 Å². The third-order valence-corrected chi connectivity index (χ3v) is 4.84. The molecule has 0 aliphatic carbocycles. The molecule has 0 radical (unpaired) electrons. The van der Waals surface area contributed by atoms with E-state index in [9.17, 15) is 19.7 Å². The van der Waals surface area contributed by atoms with Crippen LogP contribution in [0, 0.1) is 16.0 Å². The number of aliphatic imine (C=N–C) groups is 1. The number of hydrogen-bond donors (Lipinski definition) is 1. The molecule has 1 aromatic carbocycles. The smallest absolute Gasteiger partial charge is 0.315 e. The van der Waals surface area contributed by atoms with Gasteiger partial charge in [0.15, 0.2) is 0 Å². The maximum Gasteiger partial charge on any atom is 0.315 e. The third-order valence-electron chi connectivity index (χ3n) is 4.84. The molecule has 0 amide bonds. The van der Waals surface area contributed by atoms with Crippen LogP contribution in [0.15, 0.2) is 46.3 Å². The van der Waals surface area contributed by atoms with E-state index < -0.39 is 22.7 Å². The van der Waals surface area contributed by atoms with E-state index in [1.807, 2.05) is 0 Å². The number of fused-ring (bicyclic) bond motifs is 1. The van der Waals surface area contributed by atoms with E-state index >= 15 is 0 Å². The molecule has 2 atom stereocenters. The number of nitro benzene ring substituents is 1. The van der Waals surface area contributed by atoms with Gasteiger partial charge in [-0.2, -0.15) is 0 Å². The number of nitrogens with zero attached hydrogens (tertiary/aromatic N) is 3. The second-order valence-corrected chi connectivity index (χ2v) is 6.49. The number of carbonyl (C=O) groups excluding carboxylic acids is 1. The fourth-order valence-electron chi connectivity index (χ4n) is 3.58. The Kier molecular flexibility index (Phi) is 5.36. The zero-order valence-corrected chi connectivity index (χ0v) is 15.5. The number of ether oxygens (including phenoxy) is 1. The van der Waals surface area contributed by atoms with Crippen LogP contribution >= 0.6 is 0 Å². The average molecular weight is 384 g/mol. The lowest BCUT2D eigenvalue weighted by molar-refractivity contribution is -0.384. The van der Waals surface area contributed by atoms with Gasteiger partial charge < -0.3 is 15.0 Å². The van der Waals surface area contributed by atoms with Crippen molar-refractivity contribution >= 4 is 23.1 Å². The molecule has 0 saturated carbocycles. The Morgan fingerprint density at radius 2 is 2.14 bits per heavy atom. The Labute approximate surface area is 160 Å². The number of carbonyl (C=O) groups is 1. The van der Waals surface area contributed by atoms with Gasteiger partial charge in [0.2, 0.25) is 0 Å². The van der Waals surface area contributed by atoms with Crippen molar-refractivity contribution < 1.29 is 14.5 Å². The van der Waals surface area contributed by atoms with Crippen molar-refractivity contribution in [3.05, 3.63) is 68.1 Å². The van der Waals surface area contributed by atoms with Crippen LogP contribution in [0.1, 0.15) is 24.0 Å². The van der Waals surface area contributed by atoms with Gasteiger partial charge in [-0.25, -0.2) is 0 Å². The molecule has 146 valence electrons. The molecule has 0 bridgehead atoms. The first-order chi connectivity index (χ1) is 13.4. The molecule has 3 rings (SSSR count). The lowest BCUT2D eigenvalue weighted by atomic mass is 9.76. The van der Waals surface area contributed by atoms with Crippen molar-refractivity contribution in [1.82, 2.24) is 4.57 Å². The van der Waals surface area contributed by atoms with Crippen LogP contribution in [0.4, 0.5) is 11.4 Å². The average Bonchev–Trinajstić information content (AvgIpc) is 2.68. The third kappa shape index (κ3) is 3.31. The fraction of sp³-hybridized carbons (Fsp3) is 0.316. The van der Waals surface area contributed by atoms with Crippen LogP contribution in [0.5, 0.6) is 0 Å². The Balaban J connectivity index is 2.30. The Bertz CT molecular complexity index is 1030. The van der Waals surface area contributed by atoms with Crippen LogP contribution in [0.3, 0.4) is 0 Å². The van der Waals surface area contributed by atoms with Gasteiger partial charge in [-0.15, -0.1) is 0 Å². The van der Waals surface area contributed by atoms with Gasteiger partial charge >= 0.3 is 5.97 Å². The maximum atomic E-state index is 13.1. The number of methoxy groups -OCH3 is 1. The molecule has 9 heteroatoms. The van der Waals surface area contributed by atoms with Crippen molar-refractivity contribution in [3.8, 4) is 0 Å². The van der Waals surface area contributed by atoms with Gasteiger partial charge in [0.1, 0.15) is 5.92 Å². The van der Waals surface area contributed by atoms with E-state index in [-0.39, 0.29) is 17.8 Å². The summed E-state index contributed by atoms with van der Waals surface area (Å²) in [5.41, 5.74) is 6.83. The van der Waals surface area contributed by atoms with Crippen molar-refractivity contribution in [2.45, 2.75) is 19.4 Å². The second kappa shape index (κ2) is 7.73. The molecule has 2 N–H and O–H groups in total. The van der Waals surface area contributed by atoms with E-state index in [0.717, 1.165) is 0 Å². The van der Waals surface area contributed by atoms with Crippen LogP contribution in [-0.4, -0.2) is 34.8 Å². The molecule has 0 spiro atoms. The van der Waals surface area contributed by atoms with Gasteiger partial charge in [-0.1, -0.05) is 12.1 Å². The van der Waals surface area contributed by atoms with Gasteiger partial charge in [-0.3, -0.25) is 24.7 Å². The molecule has 1 aliphatic heterocycles. The van der Waals surface area contributed by atoms with Crippen LogP contribution < -0.4 is 11.3 Å². The Hall–Kier alpha value is -3.33. The van der Waals surface area contributed by atoms with Crippen molar-refractivity contribution in [2.24, 2.45) is 16.6 Å². The summed E-state index contributed by atoms with van der Waals surface area (Å²) in [6, 6.07) is 7.62.